The number of hydrogen-bond donors (Lipinski definition) is 2. The second-order valence-corrected chi connectivity index (χ2v) is 13.9. The number of hydrogen-bond acceptors (Lipinski definition) is 10. The van der Waals surface area contributed by atoms with Crippen LogP contribution in [0.1, 0.15) is 0 Å². The van der Waals surface area contributed by atoms with Gasteiger partial charge in [0.1, 0.15) is 9.35 Å². The van der Waals surface area contributed by atoms with Gasteiger partial charge in [-0.15, -0.1) is 9.79 Å². The molecule has 0 radical (unpaired) electrons. The first kappa shape index (κ1) is 35.1. The van der Waals surface area contributed by atoms with Crippen molar-refractivity contribution >= 4 is 60.1 Å². The maximum atomic E-state index is 11.5. The van der Waals surface area contributed by atoms with Gasteiger partial charge in [-0.2, -0.15) is 0 Å². The first-order chi connectivity index (χ1) is 27.3. The van der Waals surface area contributed by atoms with Crippen molar-refractivity contribution in [3.05, 3.63) is 146 Å². The van der Waals surface area contributed by atoms with E-state index in [9.17, 15) is 14.0 Å². The summed E-state index contributed by atoms with van der Waals surface area (Å²) in [6.07, 6.45) is 0. The third-order valence-electron chi connectivity index (χ3n) is 9.15. The summed E-state index contributed by atoms with van der Waals surface area (Å²) in [6, 6.07) is 45.6. The molecule has 5 aromatic carbocycles. The Bertz CT molecular complexity index is 3010. The minimum absolute atomic E-state index is 0.170. The molecule has 4 heterocycles. The molecule has 0 spiro atoms. The van der Waals surface area contributed by atoms with Crippen molar-refractivity contribution in [2.75, 3.05) is 0 Å². The number of rotatable bonds is 10. The molecule has 2 unspecified atom stereocenters. The Morgan fingerprint density at radius 1 is 0.375 bits per heavy atom. The summed E-state index contributed by atoms with van der Waals surface area (Å²) >= 11 is 0. The lowest BCUT2D eigenvalue weighted by atomic mass is 10.0. The summed E-state index contributed by atoms with van der Waals surface area (Å²) in [5, 5.41) is 3.60. The van der Waals surface area contributed by atoms with E-state index >= 15 is 0 Å². The van der Waals surface area contributed by atoms with Crippen LogP contribution < -0.4 is 9.78 Å². The van der Waals surface area contributed by atoms with Gasteiger partial charge in [-0.3, -0.25) is 9.78 Å². The molecule has 0 aliphatic carbocycles. The topological polar surface area (TPSA) is 163 Å². The largest absolute Gasteiger partial charge is 0.735 e. The van der Waals surface area contributed by atoms with Crippen LogP contribution in [0, 0.1) is 0 Å². The number of nitrogens with zero attached hydrogens (tertiary/aromatic N) is 4. The highest BCUT2D eigenvalue weighted by Gasteiger charge is 2.19. The zero-order chi connectivity index (χ0) is 38.2. The molecule has 0 saturated heterocycles. The van der Waals surface area contributed by atoms with Crippen LogP contribution in [-0.4, -0.2) is 29.7 Å². The highest BCUT2D eigenvalue weighted by molar-refractivity contribution is 7.32. The van der Waals surface area contributed by atoms with E-state index in [1.54, 1.807) is 36.4 Å². The molecule has 2 atom stereocenters. The van der Waals surface area contributed by atoms with Crippen molar-refractivity contribution < 1.29 is 38.0 Å². The summed E-state index contributed by atoms with van der Waals surface area (Å²) in [5.74, 6) is 0.426. The Morgan fingerprint density at radius 3 is 1.14 bits per heavy atom. The molecule has 0 amide bonds. The van der Waals surface area contributed by atoms with Gasteiger partial charge in [0.15, 0.2) is 11.5 Å². The maximum absolute atomic E-state index is 11.5. The highest BCUT2D eigenvalue weighted by Crippen LogP contribution is 2.36. The quantitative estimate of drug-likeness (QED) is 0.0586. The number of fused-ring (bicyclic) bond motifs is 6. The van der Waals surface area contributed by atoms with Gasteiger partial charge < -0.3 is 0 Å². The van der Waals surface area contributed by atoms with Crippen LogP contribution in [-0.2, 0) is 18.5 Å². The van der Waals surface area contributed by atoms with E-state index < -0.39 is 16.5 Å². The molecular weight excluding hydrogens is 750 g/mol. The molecule has 0 aliphatic rings. The van der Waals surface area contributed by atoms with E-state index in [1.807, 2.05) is 109 Å². The molecule has 9 aromatic rings. The summed E-state index contributed by atoms with van der Waals surface area (Å²) in [6.45, 7) is 0. The SMILES string of the molecule is O=[P+](O)OOc1ccc(-c2ccc3ccc4ccc(-c5cc(OO[P+](=O)O)cc(-c6ccc7ccc8ccc(-c9ccccc9)nc8c7n6)c5)nc4c3n2)cc1. The zero-order valence-electron chi connectivity index (χ0n) is 28.9. The predicted octanol–water partition coefficient (Wildman–Crippen LogP) is 10.5. The number of pyridine rings is 4. The van der Waals surface area contributed by atoms with Crippen LogP contribution in [0.15, 0.2) is 146 Å². The van der Waals surface area contributed by atoms with Crippen LogP contribution in [0.2, 0.25) is 0 Å². The van der Waals surface area contributed by atoms with E-state index in [2.05, 4.69) is 9.35 Å². The average Bonchev–Trinajstić information content (AvgIpc) is 3.24. The minimum Gasteiger partial charge on any atom is -0.291 e. The zero-order valence-corrected chi connectivity index (χ0v) is 30.7. The van der Waals surface area contributed by atoms with Gasteiger partial charge in [-0.05, 0) is 66.7 Å². The fraction of sp³-hybridized carbons (Fsp3) is 0. The Labute approximate surface area is 319 Å². The highest BCUT2D eigenvalue weighted by atomic mass is 31.1. The minimum atomic E-state index is -3.05. The number of aromatic nitrogens is 4. The first-order valence-electron chi connectivity index (χ1n) is 17.1. The van der Waals surface area contributed by atoms with Crippen molar-refractivity contribution in [1.82, 2.24) is 19.9 Å². The summed E-state index contributed by atoms with van der Waals surface area (Å²) in [7, 11) is -5.95. The predicted molar refractivity (Wildman–Crippen MR) is 212 cm³/mol. The maximum Gasteiger partial charge on any atom is 0.735 e. The monoisotopic (exact) mass is 776 g/mol. The average molecular weight is 777 g/mol. The van der Waals surface area contributed by atoms with Crippen LogP contribution in [0.4, 0.5) is 0 Å². The standard InChI is InChI=1S/C42H24N4O8P2/c47-55(48)53-51-33-16-10-26(11-17-33)36-19-13-28-7-9-30-15-21-38(46-42(30)40(28)44-36)32-22-31(23-34(24-32)52-54-56(49)50)37-20-14-29-8-6-27-12-18-35(25-4-2-1-3-5-25)43-39(27)41(29)45-37/h1-24H/p+2. The van der Waals surface area contributed by atoms with Crippen molar-refractivity contribution in [1.29, 1.82) is 0 Å². The van der Waals surface area contributed by atoms with Crippen LogP contribution in [0.5, 0.6) is 11.5 Å². The van der Waals surface area contributed by atoms with Gasteiger partial charge in [0, 0.05) is 52.9 Å². The normalized spacial score (nSPS) is 12.0. The molecule has 0 saturated carbocycles. The van der Waals surface area contributed by atoms with E-state index in [1.165, 1.54) is 0 Å². The van der Waals surface area contributed by atoms with Crippen molar-refractivity contribution in [3.8, 4) is 56.5 Å². The van der Waals surface area contributed by atoms with Gasteiger partial charge in [-0.25, -0.2) is 19.9 Å². The number of benzene rings is 5. The van der Waals surface area contributed by atoms with Gasteiger partial charge in [0.25, 0.3) is 0 Å². The van der Waals surface area contributed by atoms with E-state index in [4.69, 9.17) is 34.6 Å². The second kappa shape index (κ2) is 14.9. The third-order valence-corrected chi connectivity index (χ3v) is 9.56. The molecule has 0 aliphatic heterocycles. The fourth-order valence-electron chi connectivity index (χ4n) is 6.56. The molecule has 270 valence electrons. The third kappa shape index (κ3) is 7.15. The Kier molecular flexibility index (Phi) is 9.34. The van der Waals surface area contributed by atoms with Crippen molar-refractivity contribution in [2.24, 2.45) is 0 Å². The molecule has 14 heteroatoms. The molecule has 0 bridgehead atoms. The van der Waals surface area contributed by atoms with Gasteiger partial charge in [0.2, 0.25) is 0 Å². The molecule has 4 aromatic heterocycles. The van der Waals surface area contributed by atoms with Gasteiger partial charge >= 0.3 is 16.5 Å². The summed E-state index contributed by atoms with van der Waals surface area (Å²) in [5.41, 5.74) is 8.56. The molecule has 0 fully saturated rings. The smallest absolute Gasteiger partial charge is 0.291 e. The summed E-state index contributed by atoms with van der Waals surface area (Å²) in [4.78, 5) is 48.6. The Balaban J connectivity index is 1.14. The van der Waals surface area contributed by atoms with Crippen molar-refractivity contribution in [2.45, 2.75) is 0 Å². The van der Waals surface area contributed by atoms with Crippen LogP contribution in [0.25, 0.3) is 88.6 Å². The van der Waals surface area contributed by atoms with Crippen molar-refractivity contribution in [3.63, 3.8) is 0 Å². The lowest BCUT2D eigenvalue weighted by Crippen LogP contribution is -1.95. The molecule has 2 N–H and O–H groups in total. The van der Waals surface area contributed by atoms with E-state index in [0.29, 0.717) is 39.2 Å². The summed E-state index contributed by atoms with van der Waals surface area (Å²) < 4.78 is 31.3. The van der Waals surface area contributed by atoms with Crippen LogP contribution in [0.3, 0.4) is 0 Å². The fourth-order valence-corrected chi connectivity index (χ4v) is 6.86. The lowest BCUT2D eigenvalue weighted by molar-refractivity contribution is -0.101. The lowest BCUT2D eigenvalue weighted by Gasteiger charge is -2.11. The molecule has 9 rings (SSSR count). The molecule has 56 heavy (non-hydrogen) atoms. The Hall–Kier alpha value is -6.62. The van der Waals surface area contributed by atoms with Gasteiger partial charge in [0.05, 0.1) is 44.8 Å². The van der Waals surface area contributed by atoms with E-state index in [-0.39, 0.29) is 11.5 Å². The van der Waals surface area contributed by atoms with Gasteiger partial charge in [-0.1, -0.05) is 78.9 Å². The first-order valence-corrected chi connectivity index (χ1v) is 19.3. The van der Waals surface area contributed by atoms with E-state index in [0.717, 1.165) is 49.4 Å². The Morgan fingerprint density at radius 2 is 0.732 bits per heavy atom. The second-order valence-electron chi connectivity index (χ2n) is 12.6. The van der Waals surface area contributed by atoms with Crippen LogP contribution >= 0.6 is 16.5 Å². The molecular formula is C42H26N4O8P2+2. The molecule has 12 nitrogen and oxygen atoms in total.